The van der Waals surface area contributed by atoms with Crippen molar-refractivity contribution in [1.82, 2.24) is 4.98 Å². The predicted octanol–water partition coefficient (Wildman–Crippen LogP) is 3.35. The number of methoxy groups -OCH3 is 1. The summed E-state index contributed by atoms with van der Waals surface area (Å²) >= 11 is 1.28. The van der Waals surface area contributed by atoms with Gasteiger partial charge in [-0.25, -0.2) is 14.2 Å². The molecule has 1 aromatic heterocycles. The average Bonchev–Trinajstić information content (AvgIpc) is 2.70. The molecule has 5 heteroatoms. The molecule has 0 amide bonds. The Balaban J connectivity index is 2.49. The first-order valence-corrected chi connectivity index (χ1v) is 6.17. The highest BCUT2D eigenvalue weighted by Gasteiger charge is 2.18. The molecule has 2 rings (SSSR count). The number of hydrogen-bond acceptors (Lipinski definition) is 4. The van der Waals surface area contributed by atoms with Gasteiger partial charge >= 0.3 is 5.97 Å². The summed E-state index contributed by atoms with van der Waals surface area (Å²) in [5, 5.41) is 0.491. The van der Waals surface area contributed by atoms with Gasteiger partial charge in [0.15, 0.2) is 5.69 Å². The number of aromatic nitrogens is 1. The van der Waals surface area contributed by atoms with E-state index in [0.717, 1.165) is 10.4 Å². The lowest BCUT2D eigenvalue weighted by atomic mass is 10.1. The third kappa shape index (κ3) is 2.26. The van der Waals surface area contributed by atoms with Gasteiger partial charge in [0.2, 0.25) is 0 Å². The Bertz CT molecular complexity index is 607. The summed E-state index contributed by atoms with van der Waals surface area (Å²) in [6.45, 7) is 3.58. The molecule has 0 aliphatic carbocycles. The van der Waals surface area contributed by atoms with Crippen molar-refractivity contribution < 1.29 is 13.9 Å². The minimum Gasteiger partial charge on any atom is -0.464 e. The smallest absolute Gasteiger partial charge is 0.357 e. The third-order valence-corrected chi connectivity index (χ3v) is 3.53. The van der Waals surface area contributed by atoms with E-state index in [-0.39, 0.29) is 11.5 Å². The number of esters is 1. The van der Waals surface area contributed by atoms with Gasteiger partial charge in [0.1, 0.15) is 10.8 Å². The molecule has 0 spiro atoms. The largest absolute Gasteiger partial charge is 0.464 e. The molecule has 1 aromatic carbocycles. The van der Waals surface area contributed by atoms with Gasteiger partial charge in [0, 0.05) is 10.4 Å². The minimum atomic E-state index is -0.498. The minimum absolute atomic E-state index is 0.248. The first-order chi connectivity index (χ1) is 8.52. The highest BCUT2D eigenvalue weighted by molar-refractivity contribution is 7.15. The maximum atomic E-state index is 13.8. The summed E-state index contributed by atoms with van der Waals surface area (Å²) in [5.41, 5.74) is 1.50. The van der Waals surface area contributed by atoms with Crippen LogP contribution >= 0.6 is 11.3 Å². The van der Waals surface area contributed by atoms with E-state index < -0.39 is 5.97 Å². The van der Waals surface area contributed by atoms with Crippen LogP contribution in [0.1, 0.15) is 20.9 Å². The van der Waals surface area contributed by atoms with Crippen LogP contribution in [0.2, 0.25) is 0 Å². The average molecular weight is 265 g/mol. The van der Waals surface area contributed by atoms with Crippen LogP contribution in [-0.4, -0.2) is 18.1 Å². The van der Waals surface area contributed by atoms with Gasteiger partial charge in [-0.1, -0.05) is 6.07 Å². The van der Waals surface area contributed by atoms with Crippen LogP contribution in [0.15, 0.2) is 18.2 Å². The van der Waals surface area contributed by atoms with Crippen molar-refractivity contribution >= 4 is 17.3 Å². The van der Waals surface area contributed by atoms with Crippen LogP contribution in [0, 0.1) is 19.7 Å². The van der Waals surface area contributed by atoms with Gasteiger partial charge in [0.25, 0.3) is 0 Å². The van der Waals surface area contributed by atoms with E-state index in [2.05, 4.69) is 9.72 Å². The topological polar surface area (TPSA) is 39.2 Å². The Morgan fingerprint density at radius 2 is 2.11 bits per heavy atom. The van der Waals surface area contributed by atoms with Crippen molar-refractivity contribution in [3.63, 3.8) is 0 Å². The molecule has 1 heterocycles. The summed E-state index contributed by atoms with van der Waals surface area (Å²) in [7, 11) is 1.30. The summed E-state index contributed by atoms with van der Waals surface area (Å²) in [6, 6.07) is 4.93. The van der Waals surface area contributed by atoms with E-state index in [0.29, 0.717) is 10.6 Å². The predicted molar refractivity (Wildman–Crippen MR) is 68.3 cm³/mol. The molecule has 18 heavy (non-hydrogen) atoms. The van der Waals surface area contributed by atoms with E-state index in [9.17, 15) is 9.18 Å². The van der Waals surface area contributed by atoms with Gasteiger partial charge in [-0.15, -0.1) is 11.3 Å². The van der Waals surface area contributed by atoms with Crippen molar-refractivity contribution in [2.45, 2.75) is 13.8 Å². The van der Waals surface area contributed by atoms with Gasteiger partial charge in [-0.05, 0) is 31.5 Å². The molecule has 2 aromatic rings. The third-order valence-electron chi connectivity index (χ3n) is 2.53. The maximum Gasteiger partial charge on any atom is 0.357 e. The van der Waals surface area contributed by atoms with Crippen molar-refractivity contribution in [1.29, 1.82) is 0 Å². The second-order valence-electron chi connectivity index (χ2n) is 3.90. The number of hydrogen-bond donors (Lipinski definition) is 0. The number of thiazole rings is 1. The Morgan fingerprint density at radius 1 is 1.39 bits per heavy atom. The number of carbonyl (C=O) groups excluding carboxylic acids is 1. The first kappa shape index (κ1) is 12.7. The van der Waals surface area contributed by atoms with Crippen molar-refractivity contribution in [3.05, 3.63) is 40.2 Å². The van der Waals surface area contributed by atoms with Crippen LogP contribution in [0.5, 0.6) is 0 Å². The second kappa shape index (κ2) is 4.86. The molecule has 0 aliphatic rings. The lowest BCUT2D eigenvalue weighted by Gasteiger charge is -1.99. The Labute approximate surface area is 108 Å². The van der Waals surface area contributed by atoms with E-state index in [1.165, 1.54) is 24.5 Å². The van der Waals surface area contributed by atoms with Crippen LogP contribution in [-0.2, 0) is 4.74 Å². The molecule has 0 atom stereocenters. The summed E-state index contributed by atoms with van der Waals surface area (Å²) in [5.74, 6) is -0.831. The van der Waals surface area contributed by atoms with Crippen molar-refractivity contribution in [2.75, 3.05) is 7.11 Å². The lowest BCUT2D eigenvalue weighted by Crippen LogP contribution is -2.03. The second-order valence-corrected chi connectivity index (χ2v) is 5.10. The molecular weight excluding hydrogens is 253 g/mol. The molecule has 94 valence electrons. The highest BCUT2D eigenvalue weighted by atomic mass is 32.1. The number of rotatable bonds is 2. The Morgan fingerprint density at radius 3 is 2.72 bits per heavy atom. The number of nitrogens with zero attached hydrogens (tertiary/aromatic N) is 1. The van der Waals surface area contributed by atoms with Crippen molar-refractivity contribution in [3.8, 4) is 10.6 Å². The Hall–Kier alpha value is -1.75. The zero-order valence-corrected chi connectivity index (χ0v) is 11.1. The van der Waals surface area contributed by atoms with E-state index in [1.54, 1.807) is 13.0 Å². The first-order valence-electron chi connectivity index (χ1n) is 5.35. The maximum absolute atomic E-state index is 13.8. The summed E-state index contributed by atoms with van der Waals surface area (Å²) in [6.07, 6.45) is 0. The molecule has 0 bridgehead atoms. The van der Waals surface area contributed by atoms with Gasteiger partial charge < -0.3 is 4.74 Å². The van der Waals surface area contributed by atoms with Crippen LogP contribution < -0.4 is 0 Å². The highest BCUT2D eigenvalue weighted by Crippen LogP contribution is 2.30. The van der Waals surface area contributed by atoms with E-state index >= 15 is 0 Å². The number of halogens is 1. The molecule has 0 saturated heterocycles. The van der Waals surface area contributed by atoms with Crippen LogP contribution in [0.3, 0.4) is 0 Å². The van der Waals surface area contributed by atoms with Crippen LogP contribution in [0.25, 0.3) is 10.6 Å². The molecule has 0 unspecified atom stereocenters. The SMILES string of the molecule is COC(=O)c1nc(-c2ccc(C)cc2F)sc1C. The molecule has 0 radical (unpaired) electrons. The number of aryl methyl sites for hydroxylation is 2. The lowest BCUT2D eigenvalue weighted by molar-refractivity contribution is 0.0594. The number of carbonyl (C=O) groups is 1. The summed E-state index contributed by atoms with van der Waals surface area (Å²) < 4.78 is 18.4. The van der Waals surface area contributed by atoms with E-state index in [4.69, 9.17) is 0 Å². The van der Waals surface area contributed by atoms with Gasteiger partial charge in [-0.2, -0.15) is 0 Å². The van der Waals surface area contributed by atoms with E-state index in [1.807, 2.05) is 13.0 Å². The fourth-order valence-corrected chi connectivity index (χ4v) is 2.52. The molecule has 0 saturated carbocycles. The zero-order chi connectivity index (χ0) is 13.3. The fraction of sp³-hybridized carbons (Fsp3) is 0.231. The molecule has 0 fully saturated rings. The summed E-state index contributed by atoms with van der Waals surface area (Å²) in [4.78, 5) is 16.3. The molecule has 3 nitrogen and oxygen atoms in total. The standard InChI is InChI=1S/C13H12FNO2S/c1-7-4-5-9(10(14)6-7)12-15-11(8(2)18-12)13(16)17-3/h4-6H,1-3H3. The Kier molecular flexibility index (Phi) is 3.43. The van der Waals surface area contributed by atoms with Gasteiger partial charge in [0.05, 0.1) is 7.11 Å². The zero-order valence-electron chi connectivity index (χ0n) is 10.3. The normalized spacial score (nSPS) is 10.4. The monoisotopic (exact) mass is 265 g/mol. The molecular formula is C13H12FNO2S. The van der Waals surface area contributed by atoms with Gasteiger partial charge in [-0.3, -0.25) is 0 Å². The number of ether oxygens (including phenoxy) is 1. The fourth-order valence-electron chi connectivity index (χ4n) is 1.59. The van der Waals surface area contributed by atoms with Crippen LogP contribution in [0.4, 0.5) is 4.39 Å². The quantitative estimate of drug-likeness (QED) is 0.782. The molecule has 0 N–H and O–H groups in total. The number of benzene rings is 1. The van der Waals surface area contributed by atoms with Crippen molar-refractivity contribution in [2.24, 2.45) is 0 Å². The molecule has 0 aliphatic heterocycles.